The summed E-state index contributed by atoms with van der Waals surface area (Å²) in [5.74, 6) is 0.925. The van der Waals surface area contributed by atoms with Crippen molar-refractivity contribution in [2.45, 2.75) is 26.3 Å². The van der Waals surface area contributed by atoms with Crippen molar-refractivity contribution in [2.24, 2.45) is 4.99 Å². The van der Waals surface area contributed by atoms with Crippen LogP contribution in [0.1, 0.15) is 25.3 Å². The van der Waals surface area contributed by atoms with Crippen molar-refractivity contribution in [1.82, 2.24) is 19.8 Å². The van der Waals surface area contributed by atoms with E-state index in [9.17, 15) is 0 Å². The molecule has 22 heavy (non-hydrogen) atoms. The molecule has 0 aliphatic carbocycles. The molecule has 0 spiro atoms. The summed E-state index contributed by atoms with van der Waals surface area (Å²) in [4.78, 5) is 10.7. The fourth-order valence-electron chi connectivity index (χ4n) is 2.37. The molecule has 5 heteroatoms. The van der Waals surface area contributed by atoms with E-state index in [1.54, 1.807) is 6.20 Å². The first-order valence-electron chi connectivity index (χ1n) is 7.74. The van der Waals surface area contributed by atoms with Gasteiger partial charge in [0.05, 0.1) is 12.0 Å². The van der Waals surface area contributed by atoms with Crippen LogP contribution in [0.3, 0.4) is 0 Å². The van der Waals surface area contributed by atoms with Crippen LogP contribution in [0.4, 0.5) is 0 Å². The quantitative estimate of drug-likeness (QED) is 0.659. The van der Waals surface area contributed by atoms with E-state index < -0.39 is 0 Å². The van der Waals surface area contributed by atoms with E-state index in [0.29, 0.717) is 0 Å². The Balaban J connectivity index is 2.05. The SMILES string of the molecule is CCCCN(C)C(=NC)NCc1ccccc1-n1ccnc1. The number of aromatic nitrogens is 2. The summed E-state index contributed by atoms with van der Waals surface area (Å²) >= 11 is 0. The normalized spacial score (nSPS) is 11.5. The summed E-state index contributed by atoms with van der Waals surface area (Å²) in [6, 6.07) is 8.33. The van der Waals surface area contributed by atoms with Gasteiger partial charge in [-0.15, -0.1) is 0 Å². The van der Waals surface area contributed by atoms with Gasteiger partial charge in [0, 0.05) is 39.6 Å². The molecule has 2 rings (SSSR count). The van der Waals surface area contributed by atoms with Gasteiger partial charge in [0.1, 0.15) is 0 Å². The lowest BCUT2D eigenvalue weighted by Gasteiger charge is -2.22. The molecular formula is C17H25N5. The third-order valence-electron chi connectivity index (χ3n) is 3.63. The summed E-state index contributed by atoms with van der Waals surface area (Å²) in [6.45, 7) is 3.95. The summed E-state index contributed by atoms with van der Waals surface area (Å²) < 4.78 is 2.03. The zero-order chi connectivity index (χ0) is 15.8. The van der Waals surface area contributed by atoms with E-state index in [2.05, 4.69) is 52.4 Å². The average molecular weight is 299 g/mol. The highest BCUT2D eigenvalue weighted by Crippen LogP contribution is 2.13. The van der Waals surface area contributed by atoms with Crippen LogP contribution < -0.4 is 5.32 Å². The van der Waals surface area contributed by atoms with Crippen molar-refractivity contribution in [3.8, 4) is 5.69 Å². The Morgan fingerprint density at radius 1 is 1.36 bits per heavy atom. The summed E-state index contributed by atoms with van der Waals surface area (Å²) in [5, 5.41) is 3.44. The number of imidazole rings is 1. The maximum absolute atomic E-state index is 4.36. The van der Waals surface area contributed by atoms with Crippen LogP contribution in [-0.4, -0.2) is 41.1 Å². The van der Waals surface area contributed by atoms with Crippen molar-refractivity contribution in [2.75, 3.05) is 20.6 Å². The minimum Gasteiger partial charge on any atom is -0.352 e. The number of guanidine groups is 1. The number of rotatable bonds is 6. The van der Waals surface area contributed by atoms with Crippen LogP contribution >= 0.6 is 0 Å². The highest BCUT2D eigenvalue weighted by atomic mass is 15.3. The van der Waals surface area contributed by atoms with Crippen molar-refractivity contribution in [1.29, 1.82) is 0 Å². The molecule has 1 aromatic carbocycles. The van der Waals surface area contributed by atoms with E-state index in [1.165, 1.54) is 18.4 Å². The number of hydrogen-bond acceptors (Lipinski definition) is 2. The van der Waals surface area contributed by atoms with Gasteiger partial charge in [0.2, 0.25) is 0 Å². The van der Waals surface area contributed by atoms with Gasteiger partial charge < -0.3 is 14.8 Å². The predicted molar refractivity (Wildman–Crippen MR) is 91.3 cm³/mol. The molecule has 1 N–H and O–H groups in total. The Labute approximate surface area is 132 Å². The van der Waals surface area contributed by atoms with E-state index in [-0.39, 0.29) is 0 Å². The molecule has 5 nitrogen and oxygen atoms in total. The zero-order valence-corrected chi connectivity index (χ0v) is 13.7. The standard InChI is InChI=1S/C17H25N5/c1-4-5-11-21(3)17(18-2)20-13-15-8-6-7-9-16(15)22-12-10-19-14-22/h6-10,12,14H,4-5,11,13H2,1-3H3,(H,18,20). The van der Waals surface area contributed by atoms with Crippen LogP contribution in [0.25, 0.3) is 5.69 Å². The van der Waals surface area contributed by atoms with Crippen LogP contribution in [0, 0.1) is 0 Å². The number of aliphatic imine (C=N–C) groups is 1. The second-order valence-electron chi connectivity index (χ2n) is 5.27. The lowest BCUT2D eigenvalue weighted by Crippen LogP contribution is -2.39. The molecular weight excluding hydrogens is 274 g/mol. The van der Waals surface area contributed by atoms with Gasteiger partial charge in [0.25, 0.3) is 0 Å². The summed E-state index contributed by atoms with van der Waals surface area (Å²) in [7, 11) is 3.90. The maximum atomic E-state index is 4.36. The monoisotopic (exact) mass is 299 g/mol. The topological polar surface area (TPSA) is 45.5 Å². The molecule has 118 valence electrons. The Morgan fingerprint density at radius 2 is 2.18 bits per heavy atom. The van der Waals surface area contributed by atoms with Gasteiger partial charge >= 0.3 is 0 Å². The molecule has 0 saturated carbocycles. The second kappa shape index (κ2) is 8.22. The van der Waals surface area contributed by atoms with E-state index in [0.717, 1.165) is 24.7 Å². The van der Waals surface area contributed by atoms with E-state index >= 15 is 0 Å². The Morgan fingerprint density at radius 3 is 2.86 bits per heavy atom. The molecule has 0 radical (unpaired) electrons. The van der Waals surface area contributed by atoms with E-state index in [1.807, 2.05) is 30.2 Å². The second-order valence-corrected chi connectivity index (χ2v) is 5.27. The summed E-state index contributed by atoms with van der Waals surface area (Å²) in [5.41, 5.74) is 2.35. The third-order valence-corrected chi connectivity index (χ3v) is 3.63. The number of para-hydroxylation sites is 1. The first-order chi connectivity index (χ1) is 10.8. The number of nitrogens with zero attached hydrogens (tertiary/aromatic N) is 4. The average Bonchev–Trinajstić information content (AvgIpc) is 3.08. The number of benzene rings is 1. The summed E-state index contributed by atoms with van der Waals surface area (Å²) in [6.07, 6.45) is 7.93. The first kappa shape index (κ1) is 16.1. The molecule has 0 aliphatic heterocycles. The molecule has 1 aromatic heterocycles. The largest absolute Gasteiger partial charge is 0.352 e. The molecule has 0 unspecified atom stereocenters. The highest BCUT2D eigenvalue weighted by Gasteiger charge is 2.07. The molecule has 0 atom stereocenters. The molecule has 0 fully saturated rings. The number of nitrogens with one attached hydrogen (secondary N) is 1. The minimum absolute atomic E-state index is 0.734. The Kier molecular flexibility index (Phi) is 6.01. The highest BCUT2D eigenvalue weighted by molar-refractivity contribution is 5.79. The maximum Gasteiger partial charge on any atom is 0.193 e. The molecule has 0 saturated heterocycles. The lowest BCUT2D eigenvalue weighted by molar-refractivity contribution is 0.464. The van der Waals surface area contributed by atoms with Crippen molar-refractivity contribution >= 4 is 5.96 Å². The van der Waals surface area contributed by atoms with Gasteiger partial charge in [-0.05, 0) is 18.1 Å². The fourth-order valence-corrected chi connectivity index (χ4v) is 2.37. The third kappa shape index (κ3) is 4.10. The van der Waals surface area contributed by atoms with Crippen molar-refractivity contribution < 1.29 is 0 Å². The Bertz CT molecular complexity index is 589. The Hall–Kier alpha value is -2.30. The van der Waals surface area contributed by atoms with E-state index in [4.69, 9.17) is 0 Å². The van der Waals surface area contributed by atoms with Gasteiger partial charge in [-0.1, -0.05) is 31.5 Å². The van der Waals surface area contributed by atoms with Crippen LogP contribution in [0.5, 0.6) is 0 Å². The van der Waals surface area contributed by atoms with Gasteiger partial charge in [-0.25, -0.2) is 4.98 Å². The van der Waals surface area contributed by atoms with Gasteiger partial charge in [-0.3, -0.25) is 4.99 Å². The smallest absolute Gasteiger partial charge is 0.193 e. The predicted octanol–water partition coefficient (Wildman–Crippen LogP) is 2.68. The molecule has 1 heterocycles. The number of unbranched alkanes of at least 4 members (excludes halogenated alkanes) is 1. The molecule has 0 aliphatic rings. The van der Waals surface area contributed by atoms with Crippen molar-refractivity contribution in [3.63, 3.8) is 0 Å². The van der Waals surface area contributed by atoms with Gasteiger partial charge in [0.15, 0.2) is 5.96 Å². The van der Waals surface area contributed by atoms with Crippen LogP contribution in [0.2, 0.25) is 0 Å². The minimum atomic E-state index is 0.734. The van der Waals surface area contributed by atoms with Crippen molar-refractivity contribution in [3.05, 3.63) is 48.5 Å². The van der Waals surface area contributed by atoms with Crippen LogP contribution in [0.15, 0.2) is 48.0 Å². The fraction of sp³-hybridized carbons (Fsp3) is 0.412. The molecule has 0 bridgehead atoms. The lowest BCUT2D eigenvalue weighted by atomic mass is 10.1. The molecule has 0 amide bonds. The molecule has 2 aromatic rings. The first-order valence-corrected chi connectivity index (χ1v) is 7.74. The van der Waals surface area contributed by atoms with Crippen LogP contribution in [-0.2, 0) is 6.54 Å². The van der Waals surface area contributed by atoms with Gasteiger partial charge in [-0.2, -0.15) is 0 Å². The zero-order valence-electron chi connectivity index (χ0n) is 13.7. The number of hydrogen-bond donors (Lipinski definition) is 1.